The highest BCUT2D eigenvalue weighted by Crippen LogP contribution is 2.63. The van der Waals surface area contributed by atoms with Gasteiger partial charge in [0.2, 0.25) is 0 Å². The van der Waals surface area contributed by atoms with Gasteiger partial charge in [0.05, 0.1) is 39.0 Å². The fourth-order valence-corrected chi connectivity index (χ4v) is 10.0. The molecule has 2 aliphatic rings. The number of rotatable bonds is 3. The van der Waals surface area contributed by atoms with E-state index in [1.165, 1.54) is 22.3 Å². The zero-order valence-electron chi connectivity index (χ0n) is 32.3. The number of hydrogen-bond donors (Lipinski definition) is 0. The molecule has 8 aromatic carbocycles. The second kappa shape index (κ2) is 12.5. The lowest BCUT2D eigenvalue weighted by Crippen LogP contribution is -2.32. The predicted molar refractivity (Wildman–Crippen MR) is 244 cm³/mol. The Morgan fingerprint density at radius 1 is 0.350 bits per heavy atom. The van der Waals surface area contributed by atoms with Crippen LogP contribution in [-0.2, 0) is 5.41 Å². The van der Waals surface area contributed by atoms with Crippen molar-refractivity contribution in [2.45, 2.75) is 5.41 Å². The van der Waals surface area contributed by atoms with Crippen LogP contribution in [0.3, 0.4) is 0 Å². The van der Waals surface area contributed by atoms with Crippen molar-refractivity contribution in [3.05, 3.63) is 222 Å². The molecule has 0 saturated carbocycles. The van der Waals surface area contributed by atoms with Gasteiger partial charge in [-0.3, -0.25) is 0 Å². The highest BCUT2D eigenvalue weighted by atomic mass is 16.5. The van der Waals surface area contributed by atoms with Gasteiger partial charge in [0.25, 0.3) is 0 Å². The molecule has 0 N–H and O–H groups in total. The summed E-state index contributed by atoms with van der Waals surface area (Å²) in [7, 11) is 0. The summed E-state index contributed by atoms with van der Waals surface area (Å²) in [6.07, 6.45) is 0. The maximum atomic E-state index is 7.12. The van der Waals surface area contributed by atoms with Crippen molar-refractivity contribution in [1.82, 2.24) is 15.0 Å². The van der Waals surface area contributed by atoms with Crippen molar-refractivity contribution in [2.24, 2.45) is 0 Å². The fourth-order valence-electron chi connectivity index (χ4n) is 10.0. The molecule has 3 aromatic heterocycles. The molecule has 60 heavy (non-hydrogen) atoms. The summed E-state index contributed by atoms with van der Waals surface area (Å²) in [6.45, 7) is 0. The van der Waals surface area contributed by atoms with Crippen LogP contribution in [0.5, 0.6) is 11.5 Å². The monoisotopic (exact) mass is 763 g/mol. The molecule has 4 nitrogen and oxygen atoms in total. The van der Waals surface area contributed by atoms with Gasteiger partial charge in [0.1, 0.15) is 11.5 Å². The average Bonchev–Trinajstić information content (AvgIpc) is 3.61. The first kappa shape index (κ1) is 33.1. The number of para-hydroxylation sites is 1. The summed E-state index contributed by atoms with van der Waals surface area (Å²) in [5, 5.41) is 5.43. The summed E-state index contributed by atoms with van der Waals surface area (Å²) >= 11 is 0. The standard InChI is InChI=1S/C56H33N3O/c1-3-13-34(14-4-1)48-28-25-36-23-24-37-26-29-49(58-55(37)54(36)57-48)38-27-30-51-46(31-38)56(44-20-10-7-17-39(44)40-18-8-11-21-45(40)56)47-32-42-41-19-9-12-22-50(41)59-53(35-15-5-2-6-16-35)43(42)33-52(47)60-51/h1-33H. The SMILES string of the molecule is c1ccc(-c2ccc3ccc4ccc(-c5ccc6c(c5)C5(c7cc8c(cc7O6)c(-c6ccccc6)nc6ccccc68)c6ccccc6-c6ccccc65)nc4c3n2)cc1. The number of ether oxygens (including phenoxy) is 1. The molecule has 13 rings (SSSR count). The van der Waals surface area contributed by atoms with Crippen molar-refractivity contribution >= 4 is 43.5 Å². The van der Waals surface area contributed by atoms with E-state index in [4.69, 9.17) is 19.7 Å². The van der Waals surface area contributed by atoms with Crippen LogP contribution < -0.4 is 4.74 Å². The van der Waals surface area contributed by atoms with Gasteiger partial charge in [-0.25, -0.2) is 15.0 Å². The summed E-state index contributed by atoms with van der Waals surface area (Å²) in [6, 6.07) is 71.2. The molecule has 0 radical (unpaired) electrons. The average molecular weight is 764 g/mol. The third-order valence-corrected chi connectivity index (χ3v) is 12.7. The Balaban J connectivity index is 1.08. The molecule has 0 bridgehead atoms. The number of benzene rings is 8. The Labute approximate surface area is 346 Å². The molecular formula is C56H33N3O. The topological polar surface area (TPSA) is 47.9 Å². The molecule has 0 unspecified atom stereocenters. The Bertz CT molecular complexity index is 3530. The van der Waals surface area contributed by atoms with Crippen molar-refractivity contribution in [3.63, 3.8) is 0 Å². The number of nitrogens with zero attached hydrogens (tertiary/aromatic N) is 3. The van der Waals surface area contributed by atoms with E-state index in [0.717, 1.165) is 99.9 Å². The minimum atomic E-state index is -0.673. The quantitative estimate of drug-likeness (QED) is 0.168. The summed E-state index contributed by atoms with van der Waals surface area (Å²) in [5.41, 5.74) is 15.1. The van der Waals surface area contributed by atoms with Crippen molar-refractivity contribution in [2.75, 3.05) is 0 Å². The van der Waals surface area contributed by atoms with E-state index in [2.05, 4.69) is 194 Å². The highest BCUT2D eigenvalue weighted by molar-refractivity contribution is 6.12. The van der Waals surface area contributed by atoms with Crippen LogP contribution in [0.4, 0.5) is 0 Å². The summed E-state index contributed by atoms with van der Waals surface area (Å²) in [5.74, 6) is 1.66. The Hall–Kier alpha value is -7.95. The van der Waals surface area contributed by atoms with Gasteiger partial charge in [0.15, 0.2) is 0 Å². The predicted octanol–water partition coefficient (Wildman–Crippen LogP) is 14.0. The lowest BCUT2D eigenvalue weighted by Gasteiger charge is -2.40. The van der Waals surface area contributed by atoms with E-state index in [9.17, 15) is 0 Å². The number of hydrogen-bond acceptors (Lipinski definition) is 4. The summed E-state index contributed by atoms with van der Waals surface area (Å²) < 4.78 is 7.12. The Morgan fingerprint density at radius 3 is 1.62 bits per heavy atom. The first-order chi connectivity index (χ1) is 29.7. The number of fused-ring (bicyclic) bond motifs is 15. The highest BCUT2D eigenvalue weighted by Gasteiger charge is 2.51. The zero-order chi connectivity index (χ0) is 39.4. The molecule has 1 aliphatic carbocycles. The van der Waals surface area contributed by atoms with Crippen LogP contribution in [0.15, 0.2) is 200 Å². The van der Waals surface area contributed by atoms with E-state index < -0.39 is 5.41 Å². The molecule has 4 heterocycles. The van der Waals surface area contributed by atoms with Gasteiger partial charge in [-0.05, 0) is 76.2 Å². The molecule has 0 saturated heterocycles. The van der Waals surface area contributed by atoms with Gasteiger partial charge in [0, 0.05) is 49.4 Å². The van der Waals surface area contributed by atoms with Crippen LogP contribution >= 0.6 is 0 Å². The fraction of sp³-hybridized carbons (Fsp3) is 0.0179. The first-order valence-corrected chi connectivity index (χ1v) is 20.4. The summed E-state index contributed by atoms with van der Waals surface area (Å²) in [4.78, 5) is 15.9. The zero-order valence-corrected chi connectivity index (χ0v) is 32.3. The maximum absolute atomic E-state index is 7.12. The van der Waals surface area contributed by atoms with E-state index in [-0.39, 0.29) is 0 Å². The lowest BCUT2D eigenvalue weighted by molar-refractivity contribution is 0.437. The van der Waals surface area contributed by atoms with Gasteiger partial charge in [-0.1, -0.05) is 152 Å². The van der Waals surface area contributed by atoms with Crippen LogP contribution in [0.1, 0.15) is 22.3 Å². The Kier molecular flexibility index (Phi) is 6.90. The van der Waals surface area contributed by atoms with Crippen molar-refractivity contribution in [3.8, 4) is 56.4 Å². The van der Waals surface area contributed by atoms with Gasteiger partial charge in [-0.2, -0.15) is 0 Å². The molecular weight excluding hydrogens is 731 g/mol. The van der Waals surface area contributed by atoms with E-state index >= 15 is 0 Å². The van der Waals surface area contributed by atoms with E-state index in [1.807, 2.05) is 6.07 Å². The van der Waals surface area contributed by atoms with Crippen LogP contribution in [-0.4, -0.2) is 15.0 Å². The van der Waals surface area contributed by atoms with Gasteiger partial charge < -0.3 is 4.74 Å². The molecule has 278 valence electrons. The molecule has 11 aromatic rings. The van der Waals surface area contributed by atoms with E-state index in [1.54, 1.807) is 0 Å². The molecule has 1 spiro atoms. The molecule has 0 fully saturated rings. The lowest BCUT2D eigenvalue weighted by atomic mass is 9.65. The van der Waals surface area contributed by atoms with Crippen LogP contribution in [0, 0.1) is 0 Å². The largest absolute Gasteiger partial charge is 0.457 e. The third-order valence-electron chi connectivity index (χ3n) is 12.7. The minimum absolute atomic E-state index is 0.673. The normalized spacial score (nSPS) is 13.3. The molecule has 0 amide bonds. The molecule has 4 heteroatoms. The van der Waals surface area contributed by atoms with Crippen LogP contribution in [0.2, 0.25) is 0 Å². The number of aromatic nitrogens is 3. The third kappa shape index (κ3) is 4.64. The Morgan fingerprint density at radius 2 is 0.917 bits per heavy atom. The molecule has 0 atom stereocenters. The van der Waals surface area contributed by atoms with E-state index in [0.29, 0.717) is 0 Å². The van der Waals surface area contributed by atoms with Gasteiger partial charge >= 0.3 is 0 Å². The second-order valence-corrected chi connectivity index (χ2v) is 15.9. The first-order valence-electron chi connectivity index (χ1n) is 20.4. The van der Waals surface area contributed by atoms with Crippen molar-refractivity contribution in [1.29, 1.82) is 0 Å². The smallest absolute Gasteiger partial charge is 0.132 e. The molecule has 1 aliphatic heterocycles. The van der Waals surface area contributed by atoms with Crippen LogP contribution in [0.25, 0.3) is 88.4 Å². The minimum Gasteiger partial charge on any atom is -0.457 e. The maximum Gasteiger partial charge on any atom is 0.132 e. The van der Waals surface area contributed by atoms with Gasteiger partial charge in [-0.15, -0.1) is 0 Å². The van der Waals surface area contributed by atoms with Crippen molar-refractivity contribution < 1.29 is 4.74 Å². The number of pyridine rings is 3. The second-order valence-electron chi connectivity index (χ2n) is 15.9.